The molecule has 1 fully saturated rings. The second-order valence-corrected chi connectivity index (χ2v) is 9.62. The second kappa shape index (κ2) is 10.3. The van der Waals surface area contributed by atoms with E-state index in [1.54, 1.807) is 19.4 Å². The summed E-state index contributed by atoms with van der Waals surface area (Å²) in [4.78, 5) is 31.1. The lowest BCUT2D eigenvalue weighted by Gasteiger charge is -2.22. The quantitative estimate of drug-likeness (QED) is 0.316. The number of amides is 1. The van der Waals surface area contributed by atoms with E-state index < -0.39 is 6.04 Å². The van der Waals surface area contributed by atoms with E-state index in [4.69, 9.17) is 21.1 Å². The average molecular weight is 522 g/mol. The summed E-state index contributed by atoms with van der Waals surface area (Å²) in [6, 6.07) is 12.4. The first kappa shape index (κ1) is 24.9. The van der Waals surface area contributed by atoms with Crippen molar-refractivity contribution in [2.45, 2.75) is 32.0 Å². The zero-order valence-electron chi connectivity index (χ0n) is 20.8. The number of carbonyl (C=O) groups is 2. The summed E-state index contributed by atoms with van der Waals surface area (Å²) in [6.07, 6.45) is 2.21. The number of H-pyrrole nitrogens is 2. The maximum absolute atomic E-state index is 13.2. The third-order valence-electron chi connectivity index (χ3n) is 6.93. The molecule has 37 heavy (non-hydrogen) atoms. The summed E-state index contributed by atoms with van der Waals surface area (Å²) >= 11 is 6.14. The number of nitrogens with one attached hydrogen (secondary N) is 3. The number of nitrogens with zero attached hydrogens (tertiary/aromatic N) is 2. The third kappa shape index (κ3) is 4.92. The molecular formula is C27H28ClN5O4. The average Bonchev–Trinajstić information content (AvgIpc) is 3.61. The first-order valence-electron chi connectivity index (χ1n) is 11.9. The van der Waals surface area contributed by atoms with Gasteiger partial charge in [0.15, 0.2) is 0 Å². The number of hydrogen-bond acceptors (Lipinski definition) is 6. The van der Waals surface area contributed by atoms with Gasteiger partial charge in [0.2, 0.25) is 0 Å². The number of fused-ring (bicyclic) bond motifs is 1. The van der Waals surface area contributed by atoms with E-state index in [0.717, 1.165) is 39.0 Å². The number of aromatic amines is 2. The minimum absolute atomic E-state index is 0.220. The highest BCUT2D eigenvalue weighted by Gasteiger charge is 2.39. The van der Waals surface area contributed by atoms with Crippen LogP contribution in [0.15, 0.2) is 48.7 Å². The highest BCUT2D eigenvalue weighted by atomic mass is 35.5. The zero-order chi connectivity index (χ0) is 26.1. The van der Waals surface area contributed by atoms with Crippen LogP contribution in [0.3, 0.4) is 0 Å². The van der Waals surface area contributed by atoms with Gasteiger partial charge in [-0.05, 0) is 61.4 Å². The van der Waals surface area contributed by atoms with Crippen LogP contribution in [0.1, 0.15) is 28.0 Å². The minimum atomic E-state index is -0.489. The van der Waals surface area contributed by atoms with E-state index in [1.807, 2.05) is 48.2 Å². The van der Waals surface area contributed by atoms with Crippen molar-refractivity contribution in [3.05, 3.63) is 70.5 Å². The molecule has 1 saturated heterocycles. The van der Waals surface area contributed by atoms with Crippen LogP contribution in [0, 0.1) is 6.92 Å². The molecule has 0 radical (unpaired) electrons. The van der Waals surface area contributed by atoms with Gasteiger partial charge in [0.25, 0.3) is 5.91 Å². The Morgan fingerprint density at radius 3 is 2.70 bits per heavy atom. The number of rotatable bonds is 7. The summed E-state index contributed by atoms with van der Waals surface area (Å²) in [5.41, 5.74) is 4.93. The molecule has 3 heterocycles. The minimum Gasteiger partial charge on any atom is -0.497 e. The Bertz CT molecular complexity index is 1450. The maximum atomic E-state index is 13.2. The van der Waals surface area contributed by atoms with E-state index in [1.165, 1.54) is 7.11 Å². The topological polar surface area (TPSA) is 112 Å². The van der Waals surface area contributed by atoms with Crippen molar-refractivity contribution in [1.29, 1.82) is 0 Å². The molecule has 0 saturated carbocycles. The lowest BCUT2D eigenvalue weighted by molar-refractivity contribution is -0.146. The number of halogens is 1. The van der Waals surface area contributed by atoms with E-state index in [9.17, 15) is 9.59 Å². The number of likely N-dealkylation sites (tertiary alicyclic amines) is 1. The normalized spacial score (nSPS) is 17.7. The Morgan fingerprint density at radius 1 is 1.19 bits per heavy atom. The molecule has 192 valence electrons. The maximum Gasteiger partial charge on any atom is 0.323 e. The van der Waals surface area contributed by atoms with Gasteiger partial charge >= 0.3 is 5.97 Å². The molecule has 2 atom stereocenters. The Morgan fingerprint density at radius 2 is 1.97 bits per heavy atom. The van der Waals surface area contributed by atoms with Crippen molar-refractivity contribution in [3.8, 4) is 17.0 Å². The zero-order valence-corrected chi connectivity index (χ0v) is 21.6. The molecule has 10 heteroatoms. The van der Waals surface area contributed by atoms with Crippen LogP contribution in [0.25, 0.3) is 22.2 Å². The molecule has 0 spiro atoms. The van der Waals surface area contributed by atoms with Crippen molar-refractivity contribution >= 4 is 34.4 Å². The van der Waals surface area contributed by atoms with Gasteiger partial charge in [0.1, 0.15) is 17.5 Å². The van der Waals surface area contributed by atoms with Crippen LogP contribution in [-0.2, 0) is 16.1 Å². The molecule has 0 aliphatic carbocycles. The summed E-state index contributed by atoms with van der Waals surface area (Å²) < 4.78 is 10.3. The van der Waals surface area contributed by atoms with Crippen molar-refractivity contribution in [2.24, 2.45) is 0 Å². The molecule has 0 unspecified atom stereocenters. The monoisotopic (exact) mass is 521 g/mol. The SMILES string of the molecule is COC(=O)[C@@H]1C[C@H](NC(=O)c2[nH]c3ccc(Cl)cc3c2C)CN1Cc1cn[nH]c1-c1ccc(OC)cc1. The van der Waals surface area contributed by atoms with Crippen LogP contribution in [0.5, 0.6) is 5.75 Å². The lowest BCUT2D eigenvalue weighted by atomic mass is 10.1. The number of benzene rings is 2. The number of aromatic nitrogens is 3. The Labute approximate surface area is 219 Å². The standard InChI is InChI=1S/C27H28ClN5O4/c1-15-21-10-18(28)6-9-22(21)31-24(15)26(34)30-19-11-23(27(35)37-3)33(14-19)13-17-12-29-32-25(17)16-4-7-20(36-2)8-5-16/h4-10,12,19,23,31H,11,13-14H2,1-3H3,(H,29,32)(H,30,34)/t19-,23-/m0/s1. The van der Waals surface area contributed by atoms with Gasteiger partial charge < -0.3 is 19.8 Å². The van der Waals surface area contributed by atoms with Crippen LogP contribution >= 0.6 is 11.6 Å². The molecule has 1 aliphatic heterocycles. The predicted octanol–water partition coefficient (Wildman–Crippen LogP) is 4.07. The molecule has 1 aliphatic rings. The molecular weight excluding hydrogens is 494 g/mol. The number of carbonyl (C=O) groups excluding carboxylic acids is 2. The third-order valence-corrected chi connectivity index (χ3v) is 7.16. The van der Waals surface area contributed by atoms with Crippen molar-refractivity contribution in [3.63, 3.8) is 0 Å². The Hall–Kier alpha value is -3.82. The number of hydrogen-bond donors (Lipinski definition) is 3. The van der Waals surface area contributed by atoms with Crippen molar-refractivity contribution in [2.75, 3.05) is 20.8 Å². The first-order chi connectivity index (χ1) is 17.9. The fourth-order valence-electron chi connectivity index (χ4n) is 5.00. The lowest BCUT2D eigenvalue weighted by Crippen LogP contribution is -2.38. The largest absolute Gasteiger partial charge is 0.497 e. The van der Waals surface area contributed by atoms with Crippen molar-refractivity contribution in [1.82, 2.24) is 25.4 Å². The molecule has 2 aromatic heterocycles. The summed E-state index contributed by atoms with van der Waals surface area (Å²) in [6.45, 7) is 2.85. The van der Waals surface area contributed by atoms with Crippen LogP contribution in [0.4, 0.5) is 0 Å². The van der Waals surface area contributed by atoms with E-state index in [-0.39, 0.29) is 17.9 Å². The van der Waals surface area contributed by atoms with E-state index in [2.05, 4.69) is 20.5 Å². The summed E-state index contributed by atoms with van der Waals surface area (Å²) in [7, 11) is 3.01. The Balaban J connectivity index is 1.34. The number of ether oxygens (including phenoxy) is 2. The molecule has 3 N–H and O–H groups in total. The smallest absolute Gasteiger partial charge is 0.323 e. The summed E-state index contributed by atoms with van der Waals surface area (Å²) in [5.74, 6) is 0.215. The first-order valence-corrected chi connectivity index (χ1v) is 12.3. The van der Waals surface area contributed by atoms with Gasteiger partial charge in [-0.15, -0.1) is 0 Å². The van der Waals surface area contributed by atoms with Crippen molar-refractivity contribution < 1.29 is 19.1 Å². The Kier molecular flexibility index (Phi) is 6.90. The van der Waals surface area contributed by atoms with E-state index in [0.29, 0.717) is 30.2 Å². The molecule has 1 amide bonds. The molecule has 4 aromatic rings. The van der Waals surface area contributed by atoms with Crippen LogP contribution < -0.4 is 10.1 Å². The summed E-state index contributed by atoms with van der Waals surface area (Å²) in [5, 5.41) is 11.9. The van der Waals surface area contributed by atoms with Gasteiger partial charge in [-0.25, -0.2) is 0 Å². The second-order valence-electron chi connectivity index (χ2n) is 9.19. The predicted molar refractivity (Wildman–Crippen MR) is 141 cm³/mol. The fourth-order valence-corrected chi connectivity index (χ4v) is 5.18. The van der Waals surface area contributed by atoms with Gasteiger partial charge in [-0.3, -0.25) is 19.6 Å². The highest BCUT2D eigenvalue weighted by Crippen LogP contribution is 2.29. The molecule has 0 bridgehead atoms. The van der Waals surface area contributed by atoms with Gasteiger partial charge in [-0.1, -0.05) is 11.6 Å². The number of esters is 1. The number of methoxy groups -OCH3 is 2. The van der Waals surface area contributed by atoms with Gasteiger partial charge in [0.05, 0.1) is 26.1 Å². The van der Waals surface area contributed by atoms with Crippen LogP contribution in [0.2, 0.25) is 5.02 Å². The molecule has 9 nitrogen and oxygen atoms in total. The van der Waals surface area contributed by atoms with Crippen LogP contribution in [-0.4, -0.2) is 64.8 Å². The van der Waals surface area contributed by atoms with Gasteiger partial charge in [-0.2, -0.15) is 5.10 Å². The molecule has 2 aromatic carbocycles. The van der Waals surface area contributed by atoms with E-state index >= 15 is 0 Å². The highest BCUT2D eigenvalue weighted by molar-refractivity contribution is 6.31. The fraction of sp³-hybridized carbons (Fsp3) is 0.296. The number of aryl methyl sites for hydroxylation is 1. The molecule has 5 rings (SSSR count). The van der Waals surface area contributed by atoms with Gasteiger partial charge in [0, 0.05) is 46.2 Å².